The zero-order valence-electron chi connectivity index (χ0n) is 10.3. The van der Waals surface area contributed by atoms with E-state index in [0.717, 1.165) is 0 Å². The smallest absolute Gasteiger partial charge is 0.0364 e. The Morgan fingerprint density at radius 3 is 3.12 bits per heavy atom. The van der Waals surface area contributed by atoms with Crippen LogP contribution in [0.3, 0.4) is 0 Å². The second-order valence-electron chi connectivity index (χ2n) is 5.23. The fourth-order valence-corrected chi connectivity index (χ4v) is 3.19. The monoisotopic (exact) mass is 231 g/mol. The zero-order chi connectivity index (χ0) is 11.5. The van der Waals surface area contributed by atoms with Crippen LogP contribution in [-0.2, 0) is 0 Å². The molecular weight excluding hydrogens is 210 g/mol. The Morgan fingerprint density at radius 1 is 1.35 bits per heavy atom. The lowest BCUT2D eigenvalue weighted by Crippen LogP contribution is -2.37. The number of pyridine rings is 1. The number of likely N-dealkylation sites (tertiary alicyclic amines) is 1. The van der Waals surface area contributed by atoms with Gasteiger partial charge in [-0.1, -0.05) is 6.07 Å². The van der Waals surface area contributed by atoms with E-state index in [1.54, 1.807) is 0 Å². The Hall–Kier alpha value is -0.930. The molecular formula is C14H21N3. The quantitative estimate of drug-likeness (QED) is 0.862. The number of aromatic nitrogens is 1. The van der Waals surface area contributed by atoms with E-state index in [4.69, 9.17) is 0 Å². The first-order valence-corrected chi connectivity index (χ1v) is 6.81. The summed E-state index contributed by atoms with van der Waals surface area (Å²) in [6.45, 7) is 3.66. The Labute approximate surface area is 103 Å². The Balaban J connectivity index is 1.67. The van der Waals surface area contributed by atoms with E-state index >= 15 is 0 Å². The van der Waals surface area contributed by atoms with Crippen molar-refractivity contribution < 1.29 is 0 Å². The molecule has 3 nitrogen and oxygen atoms in total. The normalized spacial score (nSPS) is 29.9. The van der Waals surface area contributed by atoms with Gasteiger partial charge in [0.2, 0.25) is 0 Å². The minimum Gasteiger partial charge on any atom is -0.313 e. The third-order valence-corrected chi connectivity index (χ3v) is 4.05. The van der Waals surface area contributed by atoms with E-state index < -0.39 is 0 Å². The molecule has 2 unspecified atom stereocenters. The van der Waals surface area contributed by atoms with Gasteiger partial charge in [0.05, 0.1) is 0 Å². The highest BCUT2D eigenvalue weighted by atomic mass is 15.2. The highest BCUT2D eigenvalue weighted by Crippen LogP contribution is 2.31. The standard InChI is InChI=1S/C14H21N3/c1-4-12(10-15-7-1)14-6-3-9-17(14)11-13-5-2-8-16-13/h1,4,7,10,13-14,16H,2-3,5-6,8-9,11H2. The molecule has 3 rings (SSSR count). The summed E-state index contributed by atoms with van der Waals surface area (Å²) in [7, 11) is 0. The molecule has 3 heteroatoms. The SMILES string of the molecule is c1cncc(C2CCCN2CC2CCCN2)c1. The first-order valence-electron chi connectivity index (χ1n) is 6.81. The van der Waals surface area contributed by atoms with E-state index in [2.05, 4.69) is 27.3 Å². The highest BCUT2D eigenvalue weighted by Gasteiger charge is 2.28. The molecule has 0 bridgehead atoms. The second-order valence-corrected chi connectivity index (χ2v) is 5.23. The third-order valence-electron chi connectivity index (χ3n) is 4.05. The number of nitrogens with zero attached hydrogens (tertiary/aromatic N) is 2. The van der Waals surface area contributed by atoms with E-state index in [-0.39, 0.29) is 0 Å². The lowest BCUT2D eigenvalue weighted by Gasteiger charge is -2.27. The average Bonchev–Trinajstić information content (AvgIpc) is 3.02. The Bertz CT molecular complexity index is 346. The van der Waals surface area contributed by atoms with Crippen molar-refractivity contribution in [3.8, 4) is 0 Å². The van der Waals surface area contributed by atoms with Gasteiger partial charge in [0, 0.05) is 31.0 Å². The van der Waals surface area contributed by atoms with Crippen LogP contribution in [0.2, 0.25) is 0 Å². The van der Waals surface area contributed by atoms with Gasteiger partial charge in [-0.25, -0.2) is 0 Å². The van der Waals surface area contributed by atoms with Crippen LogP contribution in [0.4, 0.5) is 0 Å². The maximum absolute atomic E-state index is 4.25. The van der Waals surface area contributed by atoms with E-state index in [9.17, 15) is 0 Å². The van der Waals surface area contributed by atoms with Gasteiger partial charge in [0.25, 0.3) is 0 Å². The van der Waals surface area contributed by atoms with E-state index in [0.29, 0.717) is 12.1 Å². The van der Waals surface area contributed by atoms with Crippen LogP contribution in [0.1, 0.15) is 37.3 Å². The van der Waals surface area contributed by atoms with Crippen molar-refractivity contribution in [2.45, 2.75) is 37.8 Å². The summed E-state index contributed by atoms with van der Waals surface area (Å²) >= 11 is 0. The van der Waals surface area contributed by atoms with Gasteiger partial charge in [-0.2, -0.15) is 0 Å². The number of rotatable bonds is 3. The first kappa shape index (κ1) is 11.2. The van der Waals surface area contributed by atoms with Crippen molar-refractivity contribution in [3.63, 3.8) is 0 Å². The molecule has 2 atom stereocenters. The van der Waals surface area contributed by atoms with Crippen LogP contribution in [0.5, 0.6) is 0 Å². The molecule has 2 aliphatic heterocycles. The minimum atomic E-state index is 0.603. The van der Waals surface area contributed by atoms with Gasteiger partial charge < -0.3 is 5.32 Å². The highest BCUT2D eigenvalue weighted by molar-refractivity contribution is 5.15. The lowest BCUT2D eigenvalue weighted by molar-refractivity contribution is 0.233. The van der Waals surface area contributed by atoms with Crippen molar-refractivity contribution in [2.75, 3.05) is 19.6 Å². The fraction of sp³-hybridized carbons (Fsp3) is 0.643. The Morgan fingerprint density at radius 2 is 2.35 bits per heavy atom. The molecule has 1 N–H and O–H groups in total. The van der Waals surface area contributed by atoms with E-state index in [1.807, 2.05) is 12.4 Å². The van der Waals surface area contributed by atoms with Crippen LogP contribution < -0.4 is 5.32 Å². The minimum absolute atomic E-state index is 0.603. The Kier molecular flexibility index (Phi) is 3.39. The average molecular weight is 231 g/mol. The zero-order valence-corrected chi connectivity index (χ0v) is 10.3. The molecule has 0 aromatic carbocycles. The molecule has 0 amide bonds. The lowest BCUT2D eigenvalue weighted by atomic mass is 10.1. The summed E-state index contributed by atoms with van der Waals surface area (Å²) in [5, 5.41) is 3.60. The van der Waals surface area contributed by atoms with Crippen molar-refractivity contribution in [1.29, 1.82) is 0 Å². The summed E-state index contributed by atoms with van der Waals surface area (Å²) in [6.07, 6.45) is 9.20. The molecule has 17 heavy (non-hydrogen) atoms. The molecule has 1 aromatic heterocycles. The van der Waals surface area contributed by atoms with Crippen molar-refractivity contribution in [3.05, 3.63) is 30.1 Å². The fourth-order valence-electron chi connectivity index (χ4n) is 3.19. The summed E-state index contributed by atoms with van der Waals surface area (Å²) in [5.41, 5.74) is 1.39. The summed E-state index contributed by atoms with van der Waals surface area (Å²) in [6, 6.07) is 5.59. The van der Waals surface area contributed by atoms with Crippen LogP contribution in [0.15, 0.2) is 24.5 Å². The van der Waals surface area contributed by atoms with Crippen molar-refractivity contribution in [2.24, 2.45) is 0 Å². The molecule has 0 saturated carbocycles. The number of hydrogen-bond acceptors (Lipinski definition) is 3. The molecule has 3 heterocycles. The van der Waals surface area contributed by atoms with E-state index in [1.165, 1.54) is 50.9 Å². The van der Waals surface area contributed by atoms with Gasteiger partial charge in [-0.05, 0) is 50.4 Å². The summed E-state index contributed by atoms with van der Waals surface area (Å²) < 4.78 is 0. The van der Waals surface area contributed by atoms with Crippen LogP contribution in [-0.4, -0.2) is 35.6 Å². The maximum Gasteiger partial charge on any atom is 0.0364 e. The van der Waals surface area contributed by atoms with Crippen molar-refractivity contribution >= 4 is 0 Å². The van der Waals surface area contributed by atoms with Gasteiger partial charge >= 0.3 is 0 Å². The van der Waals surface area contributed by atoms with Gasteiger partial charge in [0.15, 0.2) is 0 Å². The summed E-state index contributed by atoms with van der Waals surface area (Å²) in [5.74, 6) is 0. The molecule has 1 aromatic rings. The van der Waals surface area contributed by atoms with Gasteiger partial charge in [-0.15, -0.1) is 0 Å². The summed E-state index contributed by atoms with van der Waals surface area (Å²) in [4.78, 5) is 6.89. The number of nitrogens with one attached hydrogen (secondary N) is 1. The van der Waals surface area contributed by atoms with Crippen LogP contribution >= 0.6 is 0 Å². The molecule has 2 saturated heterocycles. The van der Waals surface area contributed by atoms with Gasteiger partial charge in [0.1, 0.15) is 0 Å². The third kappa shape index (κ3) is 2.50. The molecule has 0 aliphatic carbocycles. The van der Waals surface area contributed by atoms with Crippen molar-refractivity contribution in [1.82, 2.24) is 15.2 Å². The predicted molar refractivity (Wildman–Crippen MR) is 68.8 cm³/mol. The molecule has 92 valence electrons. The predicted octanol–water partition coefficient (Wildman–Crippen LogP) is 1.97. The van der Waals surface area contributed by atoms with Crippen LogP contribution in [0, 0.1) is 0 Å². The second kappa shape index (κ2) is 5.15. The molecule has 0 radical (unpaired) electrons. The topological polar surface area (TPSA) is 28.2 Å². The first-order chi connectivity index (χ1) is 8.43. The largest absolute Gasteiger partial charge is 0.313 e. The van der Waals surface area contributed by atoms with Crippen LogP contribution in [0.25, 0.3) is 0 Å². The molecule has 2 fully saturated rings. The molecule has 2 aliphatic rings. The number of hydrogen-bond donors (Lipinski definition) is 1. The van der Waals surface area contributed by atoms with Gasteiger partial charge in [-0.3, -0.25) is 9.88 Å². The maximum atomic E-state index is 4.25. The molecule has 0 spiro atoms.